The minimum atomic E-state index is -1.26. The van der Waals surface area contributed by atoms with Crippen LogP contribution in [0.15, 0.2) is 6.07 Å². The minimum Gasteiger partial charge on any atom is -0.506 e. The Hall–Kier alpha value is -2.11. The first-order valence-corrected chi connectivity index (χ1v) is 4.13. The van der Waals surface area contributed by atoms with Crippen LogP contribution < -0.4 is 5.32 Å². The Morgan fingerprint density at radius 3 is 2.53 bits per heavy atom. The summed E-state index contributed by atoms with van der Waals surface area (Å²) in [6.07, 6.45) is 0. The van der Waals surface area contributed by atoms with Gasteiger partial charge in [-0.2, -0.15) is 0 Å². The Morgan fingerprint density at radius 1 is 1.47 bits per heavy atom. The van der Waals surface area contributed by atoms with Crippen LogP contribution in [0.25, 0.3) is 0 Å². The number of anilines is 1. The van der Waals surface area contributed by atoms with Gasteiger partial charge < -0.3 is 15.5 Å². The third-order valence-corrected chi connectivity index (χ3v) is 1.71. The Balaban J connectivity index is 3.28. The number of aromatic nitrogens is 1. The molecule has 6 nitrogen and oxygen atoms in total. The molecule has 1 rings (SSSR count). The molecule has 0 spiro atoms. The molecular formula is C9H10N2O4. The van der Waals surface area contributed by atoms with E-state index in [9.17, 15) is 14.7 Å². The summed E-state index contributed by atoms with van der Waals surface area (Å²) in [6.45, 7) is 2.75. The maximum Gasteiger partial charge on any atom is 0.339 e. The van der Waals surface area contributed by atoms with Crippen molar-refractivity contribution in [3.8, 4) is 5.75 Å². The van der Waals surface area contributed by atoms with Crippen molar-refractivity contribution in [2.45, 2.75) is 13.8 Å². The maximum atomic E-state index is 10.8. The predicted molar refractivity (Wildman–Crippen MR) is 51.9 cm³/mol. The van der Waals surface area contributed by atoms with Gasteiger partial charge in [0, 0.05) is 13.0 Å². The van der Waals surface area contributed by atoms with Gasteiger partial charge in [-0.05, 0) is 6.92 Å². The lowest BCUT2D eigenvalue weighted by Crippen LogP contribution is -2.13. The van der Waals surface area contributed by atoms with E-state index >= 15 is 0 Å². The molecule has 0 aliphatic heterocycles. The monoisotopic (exact) mass is 210 g/mol. The van der Waals surface area contributed by atoms with Crippen molar-refractivity contribution >= 4 is 17.7 Å². The van der Waals surface area contributed by atoms with Crippen LogP contribution in [-0.4, -0.2) is 27.1 Å². The van der Waals surface area contributed by atoms with Crippen molar-refractivity contribution < 1.29 is 19.8 Å². The number of hydrogen-bond donors (Lipinski definition) is 3. The lowest BCUT2D eigenvalue weighted by Gasteiger charge is -2.07. The summed E-state index contributed by atoms with van der Waals surface area (Å²) in [4.78, 5) is 25.3. The molecule has 0 fully saturated rings. The summed E-state index contributed by atoms with van der Waals surface area (Å²) in [5.74, 6) is -1.97. The number of hydrogen-bond acceptors (Lipinski definition) is 4. The molecule has 0 saturated heterocycles. The molecule has 1 amide bonds. The van der Waals surface area contributed by atoms with Crippen LogP contribution in [0.4, 0.5) is 5.82 Å². The Bertz CT molecular complexity index is 428. The normalized spacial score (nSPS) is 9.73. The highest BCUT2D eigenvalue weighted by Crippen LogP contribution is 2.21. The number of carboxylic acids is 1. The van der Waals surface area contributed by atoms with Crippen molar-refractivity contribution in [2.24, 2.45) is 0 Å². The first-order chi connectivity index (χ1) is 6.91. The van der Waals surface area contributed by atoms with Gasteiger partial charge in [-0.15, -0.1) is 0 Å². The average Bonchev–Trinajstić information content (AvgIpc) is 2.09. The number of amides is 1. The summed E-state index contributed by atoms with van der Waals surface area (Å²) < 4.78 is 0. The molecule has 15 heavy (non-hydrogen) atoms. The van der Waals surface area contributed by atoms with E-state index in [-0.39, 0.29) is 22.8 Å². The fraction of sp³-hybridized carbons (Fsp3) is 0.222. The van der Waals surface area contributed by atoms with Gasteiger partial charge in [0.1, 0.15) is 17.1 Å². The third-order valence-electron chi connectivity index (χ3n) is 1.71. The molecule has 1 aromatic rings. The summed E-state index contributed by atoms with van der Waals surface area (Å²) >= 11 is 0. The topological polar surface area (TPSA) is 99.5 Å². The summed E-state index contributed by atoms with van der Waals surface area (Å²) in [5, 5.41) is 20.3. The molecule has 1 aromatic heterocycles. The SMILES string of the molecule is CC(=O)Nc1nc(C)c(O)cc1C(=O)O. The Labute approximate surface area is 85.6 Å². The molecule has 1 heterocycles. The van der Waals surface area contributed by atoms with Crippen LogP contribution >= 0.6 is 0 Å². The van der Waals surface area contributed by atoms with E-state index < -0.39 is 11.9 Å². The van der Waals surface area contributed by atoms with E-state index in [1.165, 1.54) is 13.8 Å². The number of carboxylic acid groups (broad SMARTS) is 1. The molecule has 0 aliphatic carbocycles. The van der Waals surface area contributed by atoms with Gasteiger partial charge in [-0.1, -0.05) is 0 Å². The maximum absolute atomic E-state index is 10.8. The van der Waals surface area contributed by atoms with Crippen molar-refractivity contribution in [3.05, 3.63) is 17.3 Å². The highest BCUT2D eigenvalue weighted by Gasteiger charge is 2.15. The van der Waals surface area contributed by atoms with Crippen LogP contribution in [0.2, 0.25) is 0 Å². The van der Waals surface area contributed by atoms with Gasteiger partial charge in [-0.3, -0.25) is 4.79 Å². The van der Waals surface area contributed by atoms with Gasteiger partial charge in [0.15, 0.2) is 0 Å². The molecule has 0 unspecified atom stereocenters. The molecule has 0 atom stereocenters. The lowest BCUT2D eigenvalue weighted by molar-refractivity contribution is -0.114. The molecule has 0 aliphatic rings. The minimum absolute atomic E-state index is 0.0645. The second-order valence-electron chi connectivity index (χ2n) is 2.98. The van der Waals surface area contributed by atoms with E-state index in [0.717, 1.165) is 6.07 Å². The van der Waals surface area contributed by atoms with E-state index in [0.29, 0.717) is 0 Å². The summed E-state index contributed by atoms with van der Waals surface area (Å²) in [7, 11) is 0. The van der Waals surface area contributed by atoms with Crippen molar-refractivity contribution in [1.82, 2.24) is 4.98 Å². The van der Waals surface area contributed by atoms with Crippen molar-refractivity contribution in [3.63, 3.8) is 0 Å². The zero-order valence-electron chi connectivity index (χ0n) is 8.24. The van der Waals surface area contributed by atoms with E-state index in [4.69, 9.17) is 5.11 Å². The molecule has 0 bridgehead atoms. The second-order valence-corrected chi connectivity index (χ2v) is 2.98. The standard InChI is InChI=1S/C9H10N2O4/c1-4-7(13)3-6(9(14)15)8(10-4)11-5(2)12/h3,13H,1-2H3,(H,14,15)(H,10,11,12). The molecule has 80 valence electrons. The molecule has 0 saturated carbocycles. The lowest BCUT2D eigenvalue weighted by atomic mass is 10.2. The number of aryl methyl sites for hydroxylation is 1. The molecule has 0 aromatic carbocycles. The van der Waals surface area contributed by atoms with Crippen LogP contribution in [0.1, 0.15) is 23.0 Å². The molecule has 3 N–H and O–H groups in total. The first kappa shape index (κ1) is 11.0. The number of nitrogens with zero attached hydrogens (tertiary/aromatic N) is 1. The van der Waals surface area contributed by atoms with Crippen LogP contribution in [0.5, 0.6) is 5.75 Å². The van der Waals surface area contributed by atoms with Gasteiger partial charge in [0.2, 0.25) is 5.91 Å². The van der Waals surface area contributed by atoms with Crippen LogP contribution in [0.3, 0.4) is 0 Å². The number of aromatic carboxylic acids is 1. The van der Waals surface area contributed by atoms with Gasteiger partial charge >= 0.3 is 5.97 Å². The quantitative estimate of drug-likeness (QED) is 0.668. The Kier molecular flexibility index (Phi) is 2.89. The molecule has 6 heteroatoms. The number of carbonyl (C=O) groups excluding carboxylic acids is 1. The zero-order valence-corrected chi connectivity index (χ0v) is 8.24. The van der Waals surface area contributed by atoms with Crippen molar-refractivity contribution in [2.75, 3.05) is 5.32 Å². The number of aromatic hydroxyl groups is 1. The molecular weight excluding hydrogens is 200 g/mol. The van der Waals surface area contributed by atoms with Gasteiger partial charge in [0.05, 0.1) is 5.69 Å². The van der Waals surface area contributed by atoms with Crippen molar-refractivity contribution in [1.29, 1.82) is 0 Å². The van der Waals surface area contributed by atoms with E-state index in [2.05, 4.69) is 10.3 Å². The number of pyridine rings is 1. The average molecular weight is 210 g/mol. The van der Waals surface area contributed by atoms with Crippen LogP contribution in [0, 0.1) is 6.92 Å². The number of rotatable bonds is 2. The summed E-state index contributed by atoms with van der Waals surface area (Å²) in [5.41, 5.74) is 0.0112. The fourth-order valence-corrected chi connectivity index (χ4v) is 1.02. The van der Waals surface area contributed by atoms with Gasteiger partial charge in [0.25, 0.3) is 0 Å². The van der Waals surface area contributed by atoms with E-state index in [1.54, 1.807) is 0 Å². The largest absolute Gasteiger partial charge is 0.506 e. The first-order valence-electron chi connectivity index (χ1n) is 4.13. The fourth-order valence-electron chi connectivity index (χ4n) is 1.02. The predicted octanol–water partition coefficient (Wildman–Crippen LogP) is 0.752. The van der Waals surface area contributed by atoms with Gasteiger partial charge in [-0.25, -0.2) is 9.78 Å². The third kappa shape index (κ3) is 2.43. The highest BCUT2D eigenvalue weighted by atomic mass is 16.4. The smallest absolute Gasteiger partial charge is 0.339 e. The number of carbonyl (C=O) groups is 2. The molecule has 0 radical (unpaired) electrons. The highest BCUT2D eigenvalue weighted by molar-refractivity contribution is 5.98. The second kappa shape index (κ2) is 3.95. The summed E-state index contributed by atoms with van der Waals surface area (Å²) in [6, 6.07) is 1.05. The van der Waals surface area contributed by atoms with E-state index in [1.807, 2.05) is 0 Å². The number of nitrogens with one attached hydrogen (secondary N) is 1. The van der Waals surface area contributed by atoms with Crippen LogP contribution in [-0.2, 0) is 4.79 Å². The zero-order chi connectivity index (χ0) is 11.6. The Morgan fingerprint density at radius 2 is 2.07 bits per heavy atom.